The van der Waals surface area contributed by atoms with E-state index in [1.807, 2.05) is 0 Å². The molecule has 1 aromatic carbocycles. The molecule has 0 radical (unpaired) electrons. The van der Waals surface area contributed by atoms with Gasteiger partial charge in [-0.1, -0.05) is 6.07 Å². The summed E-state index contributed by atoms with van der Waals surface area (Å²) in [4.78, 5) is 0. The molecule has 1 fully saturated rings. The molecule has 3 nitrogen and oxygen atoms in total. The van der Waals surface area contributed by atoms with Gasteiger partial charge in [-0.25, -0.2) is 4.39 Å². The smallest absolute Gasteiger partial charge is 0.131 e. The van der Waals surface area contributed by atoms with Crippen molar-refractivity contribution in [2.24, 2.45) is 11.7 Å². The summed E-state index contributed by atoms with van der Waals surface area (Å²) in [7, 11) is 1.52. The van der Waals surface area contributed by atoms with Gasteiger partial charge in [-0.2, -0.15) is 0 Å². The van der Waals surface area contributed by atoms with E-state index in [4.69, 9.17) is 15.2 Å². The highest BCUT2D eigenvalue weighted by atomic mass is 19.1. The summed E-state index contributed by atoms with van der Waals surface area (Å²) in [6.07, 6.45) is 1.79. The van der Waals surface area contributed by atoms with Crippen LogP contribution < -0.4 is 10.5 Å². The molecule has 0 aromatic heterocycles. The monoisotopic (exact) mass is 239 g/mol. The summed E-state index contributed by atoms with van der Waals surface area (Å²) in [6, 6.07) is 4.55. The lowest BCUT2D eigenvalue weighted by Crippen LogP contribution is -2.17. The Morgan fingerprint density at radius 1 is 1.59 bits per heavy atom. The van der Waals surface area contributed by atoms with Crippen LogP contribution in [0.25, 0.3) is 0 Å². The molecule has 94 valence electrons. The summed E-state index contributed by atoms with van der Waals surface area (Å²) >= 11 is 0. The molecule has 1 aliphatic heterocycles. The molecule has 17 heavy (non-hydrogen) atoms. The van der Waals surface area contributed by atoms with Crippen molar-refractivity contribution in [3.8, 4) is 5.75 Å². The average molecular weight is 239 g/mol. The molecule has 2 rings (SSSR count). The van der Waals surface area contributed by atoms with Gasteiger partial charge in [0.05, 0.1) is 7.11 Å². The van der Waals surface area contributed by atoms with Crippen molar-refractivity contribution in [2.75, 3.05) is 20.3 Å². The maximum atomic E-state index is 13.8. The van der Waals surface area contributed by atoms with Crippen molar-refractivity contribution in [3.63, 3.8) is 0 Å². The second kappa shape index (κ2) is 5.47. The predicted molar refractivity (Wildman–Crippen MR) is 63.4 cm³/mol. The van der Waals surface area contributed by atoms with Crippen molar-refractivity contribution in [2.45, 2.75) is 18.9 Å². The Labute approximate surface area is 101 Å². The zero-order valence-electron chi connectivity index (χ0n) is 9.99. The first-order chi connectivity index (χ1) is 8.20. The standard InChI is InChI=1S/C13H18FNO2/c1-16-10-2-3-11(12(14)7-10)13(15)6-9-4-5-17-8-9/h2-3,7,9,13H,4-6,8,15H2,1H3. The maximum absolute atomic E-state index is 13.8. The molecule has 2 N–H and O–H groups in total. The maximum Gasteiger partial charge on any atom is 0.131 e. The van der Waals surface area contributed by atoms with Crippen LogP contribution in [0.5, 0.6) is 5.75 Å². The van der Waals surface area contributed by atoms with E-state index in [1.54, 1.807) is 12.1 Å². The van der Waals surface area contributed by atoms with E-state index < -0.39 is 0 Å². The Morgan fingerprint density at radius 3 is 3.00 bits per heavy atom. The molecule has 1 heterocycles. The number of benzene rings is 1. The van der Waals surface area contributed by atoms with E-state index in [9.17, 15) is 4.39 Å². The molecular formula is C13H18FNO2. The van der Waals surface area contributed by atoms with Gasteiger partial charge >= 0.3 is 0 Å². The van der Waals surface area contributed by atoms with Crippen LogP contribution in [0.2, 0.25) is 0 Å². The summed E-state index contributed by atoms with van der Waals surface area (Å²) in [5, 5.41) is 0. The van der Waals surface area contributed by atoms with Crippen LogP contribution in [0.1, 0.15) is 24.4 Å². The fourth-order valence-electron chi connectivity index (χ4n) is 2.19. The lowest BCUT2D eigenvalue weighted by Gasteiger charge is -2.16. The van der Waals surface area contributed by atoms with Gasteiger partial charge in [-0.15, -0.1) is 0 Å². The molecule has 2 unspecified atom stereocenters. The van der Waals surface area contributed by atoms with E-state index >= 15 is 0 Å². The zero-order chi connectivity index (χ0) is 12.3. The number of nitrogens with two attached hydrogens (primary N) is 1. The summed E-state index contributed by atoms with van der Waals surface area (Å²) in [5.41, 5.74) is 6.58. The molecule has 0 spiro atoms. The predicted octanol–water partition coefficient (Wildman–Crippen LogP) is 2.26. The largest absolute Gasteiger partial charge is 0.497 e. The van der Waals surface area contributed by atoms with Crippen molar-refractivity contribution in [1.29, 1.82) is 0 Å². The Kier molecular flexibility index (Phi) is 3.97. The van der Waals surface area contributed by atoms with E-state index in [1.165, 1.54) is 13.2 Å². The van der Waals surface area contributed by atoms with Gasteiger partial charge in [0.25, 0.3) is 0 Å². The second-order valence-corrected chi connectivity index (χ2v) is 4.46. The fraction of sp³-hybridized carbons (Fsp3) is 0.538. The Balaban J connectivity index is 2.04. The highest BCUT2D eigenvalue weighted by Gasteiger charge is 2.21. The van der Waals surface area contributed by atoms with Crippen LogP contribution in [0.3, 0.4) is 0 Å². The molecule has 0 aliphatic carbocycles. The third kappa shape index (κ3) is 2.96. The first-order valence-electron chi connectivity index (χ1n) is 5.87. The third-order valence-electron chi connectivity index (χ3n) is 3.22. The van der Waals surface area contributed by atoms with E-state index in [-0.39, 0.29) is 11.9 Å². The SMILES string of the molecule is COc1ccc(C(N)CC2CCOC2)c(F)c1. The van der Waals surface area contributed by atoms with Gasteiger partial charge in [0.1, 0.15) is 11.6 Å². The first-order valence-corrected chi connectivity index (χ1v) is 5.87. The quantitative estimate of drug-likeness (QED) is 0.876. The minimum Gasteiger partial charge on any atom is -0.497 e. The van der Waals surface area contributed by atoms with Gasteiger partial charge < -0.3 is 15.2 Å². The molecule has 2 atom stereocenters. The van der Waals surface area contributed by atoms with Crippen LogP contribution in [-0.4, -0.2) is 20.3 Å². The highest BCUT2D eigenvalue weighted by Crippen LogP contribution is 2.27. The molecule has 4 heteroatoms. The van der Waals surface area contributed by atoms with Gasteiger partial charge in [0, 0.05) is 30.9 Å². The lowest BCUT2D eigenvalue weighted by molar-refractivity contribution is 0.182. The number of hydrogen-bond donors (Lipinski definition) is 1. The molecular weight excluding hydrogens is 221 g/mol. The Morgan fingerprint density at radius 2 is 2.41 bits per heavy atom. The Hall–Kier alpha value is -1.13. The van der Waals surface area contributed by atoms with Gasteiger partial charge in [-0.3, -0.25) is 0 Å². The molecule has 0 amide bonds. The summed E-state index contributed by atoms with van der Waals surface area (Å²) < 4.78 is 24.0. The van der Waals surface area contributed by atoms with Crippen LogP contribution in [0, 0.1) is 11.7 Å². The number of ether oxygens (including phenoxy) is 2. The summed E-state index contributed by atoms with van der Waals surface area (Å²) in [6.45, 7) is 1.54. The minimum atomic E-state index is -0.296. The fourth-order valence-corrected chi connectivity index (χ4v) is 2.19. The normalized spacial score (nSPS) is 21.5. The summed E-state index contributed by atoms with van der Waals surface area (Å²) in [5.74, 6) is 0.671. The molecule has 0 bridgehead atoms. The number of methoxy groups -OCH3 is 1. The third-order valence-corrected chi connectivity index (χ3v) is 3.22. The van der Waals surface area contributed by atoms with Crippen molar-refractivity contribution >= 4 is 0 Å². The van der Waals surface area contributed by atoms with Gasteiger partial charge in [0.2, 0.25) is 0 Å². The topological polar surface area (TPSA) is 44.5 Å². The zero-order valence-corrected chi connectivity index (χ0v) is 9.99. The van der Waals surface area contributed by atoms with Crippen molar-refractivity contribution in [1.82, 2.24) is 0 Å². The molecule has 1 aliphatic rings. The van der Waals surface area contributed by atoms with E-state index in [0.29, 0.717) is 17.2 Å². The van der Waals surface area contributed by atoms with Gasteiger partial charge in [-0.05, 0) is 24.8 Å². The highest BCUT2D eigenvalue weighted by molar-refractivity contribution is 5.30. The minimum absolute atomic E-state index is 0.271. The molecule has 0 saturated carbocycles. The van der Waals surface area contributed by atoms with Crippen LogP contribution in [-0.2, 0) is 4.74 Å². The van der Waals surface area contributed by atoms with E-state index in [0.717, 1.165) is 26.1 Å². The molecule has 1 aromatic rings. The van der Waals surface area contributed by atoms with Crippen LogP contribution in [0.15, 0.2) is 18.2 Å². The van der Waals surface area contributed by atoms with Gasteiger partial charge in [0.15, 0.2) is 0 Å². The number of halogens is 1. The number of rotatable bonds is 4. The average Bonchev–Trinajstić information content (AvgIpc) is 2.81. The van der Waals surface area contributed by atoms with E-state index in [2.05, 4.69) is 0 Å². The first kappa shape index (κ1) is 12.3. The van der Waals surface area contributed by atoms with Crippen LogP contribution in [0.4, 0.5) is 4.39 Å². The van der Waals surface area contributed by atoms with Crippen molar-refractivity contribution in [3.05, 3.63) is 29.6 Å². The Bertz CT molecular complexity index is 378. The second-order valence-electron chi connectivity index (χ2n) is 4.46. The van der Waals surface area contributed by atoms with Crippen molar-refractivity contribution < 1.29 is 13.9 Å². The lowest BCUT2D eigenvalue weighted by atomic mass is 9.94. The van der Waals surface area contributed by atoms with Crippen LogP contribution >= 0.6 is 0 Å². The number of hydrogen-bond acceptors (Lipinski definition) is 3. The molecule has 1 saturated heterocycles.